The van der Waals surface area contributed by atoms with Gasteiger partial charge in [0.1, 0.15) is 6.61 Å². The van der Waals surface area contributed by atoms with E-state index in [0.717, 1.165) is 31.6 Å². The third kappa shape index (κ3) is 2.95. The fourth-order valence-electron chi connectivity index (χ4n) is 2.15. The molecule has 0 aliphatic carbocycles. The first-order valence-electron chi connectivity index (χ1n) is 5.68. The second-order valence-corrected chi connectivity index (χ2v) is 5.11. The first kappa shape index (κ1) is 12.3. The van der Waals surface area contributed by atoms with Gasteiger partial charge in [-0.25, -0.2) is 4.98 Å². The lowest BCUT2D eigenvalue weighted by Gasteiger charge is -2.31. The third-order valence-corrected chi connectivity index (χ3v) is 3.69. The number of rotatable bonds is 3. The fraction of sp³-hybridized carbons (Fsp3) is 0.636. The van der Waals surface area contributed by atoms with Gasteiger partial charge in [-0.05, 0) is 12.8 Å². The van der Waals surface area contributed by atoms with Crippen LogP contribution in [0.2, 0.25) is 0 Å². The molecule has 1 fully saturated rings. The van der Waals surface area contributed by atoms with Crippen molar-refractivity contribution in [2.45, 2.75) is 18.8 Å². The number of methoxy groups -OCH3 is 1. The summed E-state index contributed by atoms with van der Waals surface area (Å²) in [6, 6.07) is 0. The Kier molecular flexibility index (Phi) is 3.96. The highest BCUT2D eigenvalue weighted by Gasteiger charge is 2.25. The summed E-state index contributed by atoms with van der Waals surface area (Å²) in [4.78, 5) is 17.9. The van der Waals surface area contributed by atoms with E-state index >= 15 is 0 Å². The third-order valence-electron chi connectivity index (χ3n) is 3.00. The summed E-state index contributed by atoms with van der Waals surface area (Å²) in [6.45, 7) is 1.70. The lowest BCUT2D eigenvalue weighted by atomic mass is 9.95. The first-order valence-corrected chi connectivity index (χ1v) is 6.56. The number of thiazole rings is 1. The van der Waals surface area contributed by atoms with E-state index in [1.165, 1.54) is 11.3 Å². The molecule has 1 aromatic rings. The molecule has 0 aromatic carbocycles. The number of nitrogen functional groups attached to an aromatic ring is 1. The van der Waals surface area contributed by atoms with Crippen LogP contribution in [0.25, 0.3) is 0 Å². The Hall–Kier alpha value is -1.14. The van der Waals surface area contributed by atoms with E-state index in [-0.39, 0.29) is 12.5 Å². The number of nitrogens with two attached hydrogens (primary N) is 1. The van der Waals surface area contributed by atoms with Gasteiger partial charge in [-0.3, -0.25) is 4.79 Å². The lowest BCUT2D eigenvalue weighted by molar-refractivity contribution is -0.136. The molecule has 0 saturated carbocycles. The summed E-state index contributed by atoms with van der Waals surface area (Å²) in [7, 11) is 1.54. The minimum atomic E-state index is 0.0559. The van der Waals surface area contributed by atoms with Crippen LogP contribution in [0.3, 0.4) is 0 Å². The van der Waals surface area contributed by atoms with Gasteiger partial charge >= 0.3 is 0 Å². The van der Waals surface area contributed by atoms with Gasteiger partial charge in [0.2, 0.25) is 5.91 Å². The monoisotopic (exact) mass is 255 g/mol. The topological polar surface area (TPSA) is 68.5 Å². The van der Waals surface area contributed by atoms with Crippen LogP contribution in [0.4, 0.5) is 5.13 Å². The zero-order valence-electron chi connectivity index (χ0n) is 9.89. The number of hydrogen-bond acceptors (Lipinski definition) is 5. The number of ether oxygens (including phenoxy) is 1. The number of amides is 1. The summed E-state index contributed by atoms with van der Waals surface area (Å²) >= 11 is 1.46. The predicted octanol–water partition coefficient (Wildman–Crippen LogP) is 1.08. The van der Waals surface area contributed by atoms with E-state index in [0.29, 0.717) is 11.0 Å². The molecule has 2 heterocycles. The van der Waals surface area contributed by atoms with Gasteiger partial charge in [-0.15, -0.1) is 11.3 Å². The van der Waals surface area contributed by atoms with E-state index in [2.05, 4.69) is 4.98 Å². The molecule has 0 spiro atoms. The number of nitrogens with zero attached hydrogens (tertiary/aromatic N) is 2. The molecular formula is C11H17N3O2S. The lowest BCUT2D eigenvalue weighted by Crippen LogP contribution is -2.40. The summed E-state index contributed by atoms with van der Waals surface area (Å²) in [5, 5.41) is 2.59. The van der Waals surface area contributed by atoms with Crippen molar-refractivity contribution in [1.82, 2.24) is 9.88 Å². The van der Waals surface area contributed by atoms with Gasteiger partial charge in [0.25, 0.3) is 0 Å². The van der Waals surface area contributed by atoms with E-state index in [1.54, 1.807) is 7.11 Å². The standard InChI is InChI=1S/C11H17N3O2S/c1-16-6-10(15)14-4-2-3-8(5-14)9-7-17-11(12)13-9/h7-8H,2-6H2,1H3,(H2,12,13)/t8-/m1/s1. The van der Waals surface area contributed by atoms with E-state index in [9.17, 15) is 4.79 Å². The van der Waals surface area contributed by atoms with Gasteiger partial charge in [0.05, 0.1) is 5.69 Å². The molecule has 2 rings (SSSR count). The van der Waals surface area contributed by atoms with Gasteiger partial charge in [-0.1, -0.05) is 0 Å². The molecule has 5 nitrogen and oxygen atoms in total. The van der Waals surface area contributed by atoms with Crippen molar-refractivity contribution in [1.29, 1.82) is 0 Å². The molecule has 2 N–H and O–H groups in total. The Labute approximate surface area is 105 Å². The zero-order chi connectivity index (χ0) is 12.3. The summed E-state index contributed by atoms with van der Waals surface area (Å²) in [6.07, 6.45) is 2.08. The SMILES string of the molecule is COCC(=O)N1CCC[C@@H](c2csc(N)n2)C1. The smallest absolute Gasteiger partial charge is 0.248 e. The molecule has 1 atom stereocenters. The predicted molar refractivity (Wildman–Crippen MR) is 67.0 cm³/mol. The Morgan fingerprint density at radius 3 is 3.24 bits per heavy atom. The second kappa shape index (κ2) is 5.46. The fourth-order valence-corrected chi connectivity index (χ4v) is 2.79. The highest BCUT2D eigenvalue weighted by molar-refractivity contribution is 7.13. The summed E-state index contributed by atoms with van der Waals surface area (Å²) in [5.74, 6) is 0.374. The number of piperidine rings is 1. The van der Waals surface area contributed by atoms with Crippen molar-refractivity contribution in [2.75, 3.05) is 32.5 Å². The van der Waals surface area contributed by atoms with E-state index < -0.39 is 0 Å². The molecule has 1 saturated heterocycles. The number of likely N-dealkylation sites (tertiary alicyclic amines) is 1. The molecule has 6 heteroatoms. The van der Waals surface area contributed by atoms with Crippen molar-refractivity contribution in [3.63, 3.8) is 0 Å². The normalized spacial score (nSPS) is 20.5. The van der Waals surface area contributed by atoms with E-state index in [1.807, 2.05) is 10.3 Å². The molecule has 0 radical (unpaired) electrons. The number of carbonyl (C=O) groups is 1. The molecular weight excluding hydrogens is 238 g/mol. The second-order valence-electron chi connectivity index (χ2n) is 4.22. The van der Waals surface area contributed by atoms with Crippen LogP contribution in [0.5, 0.6) is 0 Å². The van der Waals surface area contributed by atoms with Gasteiger partial charge in [-0.2, -0.15) is 0 Å². The molecule has 1 amide bonds. The number of aromatic nitrogens is 1. The molecule has 17 heavy (non-hydrogen) atoms. The van der Waals surface area contributed by atoms with Crippen molar-refractivity contribution in [2.24, 2.45) is 0 Å². The maximum absolute atomic E-state index is 11.7. The van der Waals surface area contributed by atoms with Crippen molar-refractivity contribution < 1.29 is 9.53 Å². The molecule has 0 unspecified atom stereocenters. The molecule has 1 aliphatic heterocycles. The molecule has 0 bridgehead atoms. The maximum atomic E-state index is 11.7. The Bertz CT molecular complexity index is 394. The largest absolute Gasteiger partial charge is 0.375 e. The van der Waals surface area contributed by atoms with Crippen LogP contribution < -0.4 is 5.73 Å². The van der Waals surface area contributed by atoms with Crippen molar-refractivity contribution >= 4 is 22.4 Å². The Morgan fingerprint density at radius 2 is 2.59 bits per heavy atom. The van der Waals surface area contributed by atoms with Crippen LogP contribution in [0.1, 0.15) is 24.5 Å². The van der Waals surface area contributed by atoms with Crippen LogP contribution in [-0.4, -0.2) is 42.6 Å². The van der Waals surface area contributed by atoms with Gasteiger partial charge in [0, 0.05) is 31.5 Å². The highest BCUT2D eigenvalue weighted by atomic mass is 32.1. The van der Waals surface area contributed by atoms with Gasteiger partial charge < -0.3 is 15.4 Å². The number of hydrogen-bond donors (Lipinski definition) is 1. The molecule has 1 aliphatic rings. The highest BCUT2D eigenvalue weighted by Crippen LogP contribution is 2.28. The van der Waals surface area contributed by atoms with Crippen molar-refractivity contribution in [3.05, 3.63) is 11.1 Å². The van der Waals surface area contributed by atoms with Gasteiger partial charge in [0.15, 0.2) is 5.13 Å². The van der Waals surface area contributed by atoms with Crippen LogP contribution >= 0.6 is 11.3 Å². The number of carbonyl (C=O) groups excluding carboxylic acids is 1. The van der Waals surface area contributed by atoms with Crippen LogP contribution in [-0.2, 0) is 9.53 Å². The first-order chi connectivity index (χ1) is 8.20. The zero-order valence-corrected chi connectivity index (χ0v) is 10.7. The quantitative estimate of drug-likeness (QED) is 0.877. The minimum Gasteiger partial charge on any atom is -0.375 e. The van der Waals surface area contributed by atoms with Crippen molar-refractivity contribution in [3.8, 4) is 0 Å². The van der Waals surface area contributed by atoms with E-state index in [4.69, 9.17) is 10.5 Å². The maximum Gasteiger partial charge on any atom is 0.248 e. The Balaban J connectivity index is 1.99. The summed E-state index contributed by atoms with van der Waals surface area (Å²) < 4.78 is 4.88. The minimum absolute atomic E-state index is 0.0559. The summed E-state index contributed by atoms with van der Waals surface area (Å²) in [5.41, 5.74) is 6.65. The Morgan fingerprint density at radius 1 is 1.76 bits per heavy atom. The van der Waals surface area contributed by atoms with Crippen LogP contribution in [0.15, 0.2) is 5.38 Å². The average molecular weight is 255 g/mol. The average Bonchev–Trinajstić information content (AvgIpc) is 2.76. The molecule has 94 valence electrons. The molecule has 1 aromatic heterocycles. The van der Waals surface area contributed by atoms with Crippen LogP contribution in [0, 0.1) is 0 Å². The number of anilines is 1.